The first kappa shape index (κ1) is 9.92. The van der Waals surface area contributed by atoms with Gasteiger partial charge in [-0.1, -0.05) is 13.8 Å². The lowest BCUT2D eigenvalue weighted by atomic mass is 9.95. The number of hydrogen-bond acceptors (Lipinski definition) is 4. The minimum Gasteiger partial charge on any atom is -0.266 e. The Bertz CT molecular complexity index is 138. The van der Waals surface area contributed by atoms with Gasteiger partial charge in [0.2, 0.25) is 0 Å². The normalized spacial score (nSPS) is 30.5. The summed E-state index contributed by atoms with van der Waals surface area (Å²) in [5.41, 5.74) is 0. The fraction of sp³-hybridized carbons (Fsp3) is 1.00. The summed E-state index contributed by atoms with van der Waals surface area (Å²) in [5, 5.41) is 16.6. The van der Waals surface area contributed by atoms with Crippen LogP contribution in [0.4, 0.5) is 0 Å². The van der Waals surface area contributed by atoms with Crippen molar-refractivity contribution in [3.8, 4) is 0 Å². The highest BCUT2D eigenvalue weighted by Crippen LogP contribution is 2.33. The molecule has 4 nitrogen and oxygen atoms in total. The van der Waals surface area contributed by atoms with Gasteiger partial charge in [0, 0.05) is 0 Å². The molecule has 0 aliphatic heterocycles. The van der Waals surface area contributed by atoms with Crippen LogP contribution in [0.1, 0.15) is 33.1 Å². The Morgan fingerprint density at radius 3 is 2.42 bits per heavy atom. The molecule has 12 heavy (non-hydrogen) atoms. The van der Waals surface area contributed by atoms with E-state index in [1.54, 1.807) is 0 Å². The lowest BCUT2D eigenvalue weighted by molar-refractivity contribution is -0.504. The summed E-state index contributed by atoms with van der Waals surface area (Å²) in [6, 6.07) is 0. The molecular formula is C8H17NO3. The van der Waals surface area contributed by atoms with Gasteiger partial charge in [0.05, 0.1) is 11.5 Å². The second-order valence-corrected chi connectivity index (χ2v) is 3.80. The van der Waals surface area contributed by atoms with Crippen LogP contribution in [0.3, 0.4) is 0 Å². The van der Waals surface area contributed by atoms with E-state index in [0.29, 0.717) is 11.8 Å². The highest BCUT2D eigenvalue weighted by molar-refractivity contribution is 4.77. The van der Waals surface area contributed by atoms with Gasteiger partial charge >= 0.3 is 0 Å². The van der Waals surface area contributed by atoms with E-state index in [2.05, 4.69) is 13.8 Å². The van der Waals surface area contributed by atoms with Crippen molar-refractivity contribution in [1.29, 1.82) is 0 Å². The first-order valence-corrected chi connectivity index (χ1v) is 4.44. The zero-order valence-electron chi connectivity index (χ0n) is 7.60. The van der Waals surface area contributed by atoms with Gasteiger partial charge in [-0.25, -0.2) is 4.84 Å². The third-order valence-corrected chi connectivity index (χ3v) is 2.61. The molecule has 1 saturated carbocycles. The summed E-state index contributed by atoms with van der Waals surface area (Å²) in [6.07, 6.45) is 2.94. The van der Waals surface area contributed by atoms with Gasteiger partial charge in [-0.2, -0.15) is 0 Å². The molecule has 0 radical (unpaired) electrons. The van der Waals surface area contributed by atoms with Crippen molar-refractivity contribution in [2.45, 2.75) is 39.2 Å². The van der Waals surface area contributed by atoms with Gasteiger partial charge in [0.15, 0.2) is 0 Å². The van der Waals surface area contributed by atoms with Gasteiger partial charge < -0.3 is 0 Å². The van der Waals surface area contributed by atoms with Crippen molar-refractivity contribution in [2.24, 2.45) is 11.8 Å². The predicted molar refractivity (Wildman–Crippen MR) is 42.5 cm³/mol. The van der Waals surface area contributed by atoms with Gasteiger partial charge in [0.25, 0.3) is 0 Å². The Hall–Kier alpha value is -0.160. The maximum absolute atomic E-state index is 8.40. The van der Waals surface area contributed by atoms with E-state index < -0.39 is 0 Å². The lowest BCUT2D eigenvalue weighted by Gasteiger charge is -2.15. The van der Waals surface area contributed by atoms with Crippen LogP contribution >= 0.6 is 0 Å². The maximum Gasteiger partial charge on any atom is 0.0847 e. The molecule has 4 heteroatoms. The average Bonchev–Trinajstić information content (AvgIpc) is 2.34. The van der Waals surface area contributed by atoms with Crippen LogP contribution < -0.4 is 0 Å². The zero-order chi connectivity index (χ0) is 9.14. The molecule has 0 aromatic rings. The fourth-order valence-electron chi connectivity index (χ4n) is 1.81. The Balaban J connectivity index is 2.26. The highest BCUT2D eigenvalue weighted by atomic mass is 17.1. The predicted octanol–water partition coefficient (Wildman–Crippen LogP) is 1.82. The topological polar surface area (TPSA) is 52.9 Å². The molecule has 0 spiro atoms. The molecular weight excluding hydrogens is 158 g/mol. The SMILES string of the molecule is CC(C)[C@@H]1CC[C@H](ON(O)O)C1. The quantitative estimate of drug-likeness (QED) is 0.642. The van der Waals surface area contributed by atoms with E-state index in [4.69, 9.17) is 15.3 Å². The van der Waals surface area contributed by atoms with E-state index in [-0.39, 0.29) is 11.5 Å². The maximum atomic E-state index is 8.40. The first-order valence-electron chi connectivity index (χ1n) is 4.44. The molecule has 0 unspecified atom stereocenters. The van der Waals surface area contributed by atoms with Crippen molar-refractivity contribution in [3.63, 3.8) is 0 Å². The molecule has 1 rings (SSSR count). The van der Waals surface area contributed by atoms with E-state index in [0.717, 1.165) is 19.3 Å². The number of hydrogen-bond donors (Lipinski definition) is 2. The van der Waals surface area contributed by atoms with Gasteiger partial charge in [-0.05, 0) is 31.1 Å². The standard InChI is InChI=1S/C8H17NO3/c1-6(2)7-3-4-8(5-7)12-9(10)11/h6-8,10-11H,3-5H2,1-2H3/t7-,8+/m1/s1. The van der Waals surface area contributed by atoms with Crippen molar-refractivity contribution in [3.05, 3.63) is 0 Å². The minimum absolute atomic E-state index is 0.0209. The second-order valence-electron chi connectivity index (χ2n) is 3.80. The molecule has 0 bridgehead atoms. The highest BCUT2D eigenvalue weighted by Gasteiger charge is 2.28. The van der Waals surface area contributed by atoms with Crippen molar-refractivity contribution >= 4 is 0 Å². The van der Waals surface area contributed by atoms with E-state index in [1.165, 1.54) is 0 Å². The molecule has 72 valence electrons. The molecule has 0 aromatic carbocycles. The molecule has 2 N–H and O–H groups in total. The summed E-state index contributed by atoms with van der Waals surface area (Å²) < 4.78 is 0. The molecule has 1 fully saturated rings. The van der Waals surface area contributed by atoms with Crippen molar-refractivity contribution in [2.75, 3.05) is 0 Å². The molecule has 0 heterocycles. The van der Waals surface area contributed by atoms with Gasteiger partial charge in [-0.15, -0.1) is 0 Å². The fourth-order valence-corrected chi connectivity index (χ4v) is 1.81. The van der Waals surface area contributed by atoms with E-state index in [9.17, 15) is 0 Å². The Morgan fingerprint density at radius 2 is 2.00 bits per heavy atom. The van der Waals surface area contributed by atoms with Crippen molar-refractivity contribution in [1.82, 2.24) is 5.39 Å². The largest absolute Gasteiger partial charge is 0.266 e. The van der Waals surface area contributed by atoms with Crippen LogP contribution in [0.2, 0.25) is 0 Å². The molecule has 0 saturated heterocycles. The second kappa shape index (κ2) is 4.18. The number of nitrogens with zero attached hydrogens (tertiary/aromatic N) is 1. The van der Waals surface area contributed by atoms with Gasteiger partial charge in [-0.3, -0.25) is 10.4 Å². The van der Waals surface area contributed by atoms with Crippen LogP contribution in [0.5, 0.6) is 0 Å². The van der Waals surface area contributed by atoms with Crippen molar-refractivity contribution < 1.29 is 15.3 Å². The molecule has 1 aliphatic rings. The van der Waals surface area contributed by atoms with Crippen LogP contribution in [-0.2, 0) is 4.84 Å². The summed E-state index contributed by atoms with van der Waals surface area (Å²) in [6.45, 7) is 4.37. The number of rotatable bonds is 3. The molecule has 1 aliphatic carbocycles. The third kappa shape index (κ3) is 2.71. The monoisotopic (exact) mass is 175 g/mol. The zero-order valence-corrected chi connectivity index (χ0v) is 7.60. The summed E-state index contributed by atoms with van der Waals surface area (Å²) in [7, 11) is 0. The summed E-state index contributed by atoms with van der Waals surface area (Å²) in [5.74, 6) is 1.32. The Labute approximate surface area is 72.6 Å². The first-order chi connectivity index (χ1) is 5.59. The van der Waals surface area contributed by atoms with Crippen LogP contribution in [0, 0.1) is 11.8 Å². The Morgan fingerprint density at radius 1 is 1.33 bits per heavy atom. The summed E-state index contributed by atoms with van der Waals surface area (Å²) in [4.78, 5) is 4.74. The van der Waals surface area contributed by atoms with E-state index >= 15 is 0 Å². The van der Waals surface area contributed by atoms with E-state index in [1.807, 2.05) is 0 Å². The smallest absolute Gasteiger partial charge is 0.0847 e. The molecule has 0 amide bonds. The lowest BCUT2D eigenvalue weighted by Crippen LogP contribution is -2.22. The van der Waals surface area contributed by atoms with Crippen LogP contribution in [0.25, 0.3) is 0 Å². The van der Waals surface area contributed by atoms with Crippen LogP contribution in [0.15, 0.2) is 0 Å². The summed E-state index contributed by atoms with van der Waals surface area (Å²) >= 11 is 0. The Kier molecular flexibility index (Phi) is 3.46. The molecule has 2 atom stereocenters. The minimum atomic E-state index is -0.173. The van der Waals surface area contributed by atoms with Crippen LogP contribution in [-0.4, -0.2) is 21.9 Å². The van der Waals surface area contributed by atoms with Gasteiger partial charge in [0.1, 0.15) is 0 Å². The average molecular weight is 175 g/mol. The molecule has 0 aromatic heterocycles. The third-order valence-electron chi connectivity index (χ3n) is 2.61.